The van der Waals surface area contributed by atoms with Crippen molar-refractivity contribution in [3.63, 3.8) is 0 Å². The molecule has 0 aliphatic carbocycles. The van der Waals surface area contributed by atoms with E-state index in [0.717, 1.165) is 0 Å². The van der Waals surface area contributed by atoms with Gasteiger partial charge in [0.05, 0.1) is 31.1 Å². The highest BCUT2D eigenvalue weighted by atomic mass is 16.7. The van der Waals surface area contributed by atoms with Gasteiger partial charge in [0, 0.05) is 13.1 Å². The van der Waals surface area contributed by atoms with Crippen LogP contribution in [0.4, 0.5) is 15.5 Å². The lowest BCUT2D eigenvalue weighted by molar-refractivity contribution is -0.759. The number of aromatic nitrogens is 2. The van der Waals surface area contributed by atoms with Gasteiger partial charge in [-0.05, 0) is 20.8 Å². The van der Waals surface area contributed by atoms with E-state index < -0.39 is 11.9 Å². The van der Waals surface area contributed by atoms with Gasteiger partial charge in [0.1, 0.15) is 12.7 Å². The SMILES string of the molecule is CCOC(=O)N1CCN([n+]2cc(NC(=O)OCC3COC(C)(C)O3)on2)CC1. The van der Waals surface area contributed by atoms with E-state index in [0.29, 0.717) is 39.4 Å². The summed E-state index contributed by atoms with van der Waals surface area (Å²) in [6.07, 6.45) is 0.219. The Morgan fingerprint density at radius 3 is 2.71 bits per heavy atom. The van der Waals surface area contributed by atoms with Crippen molar-refractivity contribution < 1.29 is 37.9 Å². The Hall–Kier alpha value is -2.60. The molecule has 1 atom stereocenters. The predicted molar refractivity (Wildman–Crippen MR) is 93.1 cm³/mol. The van der Waals surface area contributed by atoms with Gasteiger partial charge < -0.3 is 23.8 Å². The second kappa shape index (κ2) is 8.61. The number of nitrogens with one attached hydrogen (secondary N) is 1. The molecule has 2 aliphatic heterocycles. The lowest BCUT2D eigenvalue weighted by atomic mass is 10.4. The number of anilines is 1. The molecule has 3 heterocycles. The summed E-state index contributed by atoms with van der Waals surface area (Å²) in [6.45, 7) is 8.25. The Balaban J connectivity index is 1.42. The third-order valence-corrected chi connectivity index (χ3v) is 4.22. The molecule has 12 heteroatoms. The molecule has 0 bridgehead atoms. The monoisotopic (exact) mass is 400 g/mol. The molecule has 0 spiro atoms. The zero-order chi connectivity index (χ0) is 20.1. The van der Waals surface area contributed by atoms with Crippen LogP contribution in [0.15, 0.2) is 10.7 Å². The minimum atomic E-state index is -0.677. The first kappa shape index (κ1) is 20.1. The molecule has 1 N–H and O–H groups in total. The summed E-state index contributed by atoms with van der Waals surface area (Å²) in [6, 6.07) is 0. The van der Waals surface area contributed by atoms with Gasteiger partial charge >= 0.3 is 18.1 Å². The molecule has 2 saturated heterocycles. The van der Waals surface area contributed by atoms with Crippen molar-refractivity contribution in [2.75, 3.05) is 56.3 Å². The van der Waals surface area contributed by atoms with Crippen LogP contribution in [0.25, 0.3) is 0 Å². The molecule has 2 fully saturated rings. The molecular weight excluding hydrogens is 374 g/mol. The van der Waals surface area contributed by atoms with Gasteiger partial charge in [-0.25, -0.2) is 9.59 Å². The Kier molecular flexibility index (Phi) is 6.19. The van der Waals surface area contributed by atoms with Crippen molar-refractivity contribution in [2.45, 2.75) is 32.7 Å². The highest BCUT2D eigenvalue weighted by molar-refractivity contribution is 5.82. The average Bonchev–Trinajstić information content (AvgIpc) is 3.26. The lowest BCUT2D eigenvalue weighted by Crippen LogP contribution is -2.65. The number of carbonyl (C=O) groups excluding carboxylic acids is 2. The van der Waals surface area contributed by atoms with Crippen LogP contribution < -0.4 is 15.1 Å². The van der Waals surface area contributed by atoms with E-state index in [-0.39, 0.29) is 24.7 Å². The minimum Gasteiger partial charge on any atom is -0.450 e. The lowest BCUT2D eigenvalue weighted by Gasteiger charge is -2.29. The van der Waals surface area contributed by atoms with Crippen LogP contribution in [0.5, 0.6) is 0 Å². The summed E-state index contributed by atoms with van der Waals surface area (Å²) in [7, 11) is 0. The number of amides is 2. The van der Waals surface area contributed by atoms with Crippen LogP contribution in [-0.2, 0) is 18.9 Å². The largest absolute Gasteiger partial charge is 0.450 e. The van der Waals surface area contributed by atoms with Gasteiger partial charge in [-0.3, -0.25) is 9.84 Å². The van der Waals surface area contributed by atoms with Crippen LogP contribution in [-0.4, -0.2) is 80.2 Å². The van der Waals surface area contributed by atoms with Crippen LogP contribution in [0, 0.1) is 0 Å². The first-order chi connectivity index (χ1) is 13.4. The fraction of sp³-hybridized carbons (Fsp3) is 0.750. The van der Waals surface area contributed by atoms with Crippen LogP contribution in [0.2, 0.25) is 0 Å². The fourth-order valence-corrected chi connectivity index (χ4v) is 2.87. The zero-order valence-corrected chi connectivity index (χ0v) is 16.3. The highest BCUT2D eigenvalue weighted by Crippen LogP contribution is 2.22. The smallest absolute Gasteiger partial charge is 0.414 e. The number of carbonyl (C=O) groups is 2. The Bertz CT molecular complexity index is 687. The standard InChI is InChI=1S/C16H25N5O7/c1-4-24-15(23)19-5-7-20(8-6-19)21-9-13(28-18-21)17-14(22)25-10-12-11-26-16(2,3)27-12/h9,12H,4-8,10-11H2,1-3H3/p+1. The Labute approximate surface area is 162 Å². The number of ether oxygens (including phenoxy) is 4. The Morgan fingerprint density at radius 1 is 1.32 bits per heavy atom. The quantitative estimate of drug-likeness (QED) is 0.685. The van der Waals surface area contributed by atoms with E-state index in [2.05, 4.69) is 10.6 Å². The molecule has 2 aliphatic rings. The van der Waals surface area contributed by atoms with E-state index >= 15 is 0 Å². The number of hydrogen-bond donors (Lipinski definition) is 1. The van der Waals surface area contributed by atoms with Crippen molar-refractivity contribution >= 4 is 18.1 Å². The van der Waals surface area contributed by atoms with Crippen LogP contribution in [0.1, 0.15) is 20.8 Å². The second-order valence-corrected chi connectivity index (χ2v) is 6.80. The van der Waals surface area contributed by atoms with E-state index in [9.17, 15) is 9.59 Å². The number of rotatable bonds is 5. The summed E-state index contributed by atoms with van der Waals surface area (Å²) >= 11 is 0. The normalized spacial score (nSPS) is 21.5. The molecule has 0 saturated carbocycles. The molecule has 0 radical (unpaired) electrons. The van der Waals surface area contributed by atoms with Crippen molar-refractivity contribution in [1.29, 1.82) is 0 Å². The van der Waals surface area contributed by atoms with E-state index in [1.807, 2.05) is 5.01 Å². The number of piperazine rings is 1. The van der Waals surface area contributed by atoms with Crippen molar-refractivity contribution in [1.82, 2.24) is 10.2 Å². The molecule has 156 valence electrons. The summed E-state index contributed by atoms with van der Waals surface area (Å²) in [5.41, 5.74) is 0. The summed E-state index contributed by atoms with van der Waals surface area (Å²) in [4.78, 5) is 26.7. The molecule has 3 rings (SSSR count). The third-order valence-electron chi connectivity index (χ3n) is 4.22. The van der Waals surface area contributed by atoms with Gasteiger partial charge in [-0.15, -0.1) is 5.01 Å². The maximum absolute atomic E-state index is 11.9. The molecule has 1 aromatic heterocycles. The van der Waals surface area contributed by atoms with Gasteiger partial charge in [-0.1, -0.05) is 0 Å². The van der Waals surface area contributed by atoms with Gasteiger partial charge in [0.2, 0.25) is 5.27 Å². The van der Waals surface area contributed by atoms with Gasteiger partial charge in [0.25, 0.3) is 6.20 Å². The van der Waals surface area contributed by atoms with Crippen LogP contribution in [0.3, 0.4) is 0 Å². The number of hydrogen-bond acceptors (Lipinski definition) is 9. The van der Waals surface area contributed by atoms with Crippen molar-refractivity contribution in [3.05, 3.63) is 6.20 Å². The zero-order valence-electron chi connectivity index (χ0n) is 16.3. The average molecular weight is 400 g/mol. The molecule has 1 aromatic rings. The van der Waals surface area contributed by atoms with Crippen molar-refractivity contribution in [3.8, 4) is 0 Å². The first-order valence-electron chi connectivity index (χ1n) is 9.17. The first-order valence-corrected chi connectivity index (χ1v) is 9.17. The molecule has 0 aromatic carbocycles. The predicted octanol–water partition coefficient (Wildman–Crippen LogP) is 0.0722. The second-order valence-electron chi connectivity index (χ2n) is 6.80. The van der Waals surface area contributed by atoms with Crippen molar-refractivity contribution in [2.24, 2.45) is 0 Å². The molecule has 2 amide bonds. The van der Waals surface area contributed by atoms with E-state index in [1.165, 1.54) is 11.0 Å². The molecule has 28 heavy (non-hydrogen) atoms. The van der Waals surface area contributed by atoms with Gasteiger partial charge in [0.15, 0.2) is 5.79 Å². The topological polar surface area (TPSA) is 119 Å². The van der Waals surface area contributed by atoms with Gasteiger partial charge in [-0.2, -0.15) is 0 Å². The third kappa shape index (κ3) is 5.23. The summed E-state index contributed by atoms with van der Waals surface area (Å²) < 4.78 is 26.2. The van der Waals surface area contributed by atoms with Crippen LogP contribution >= 0.6 is 0 Å². The Morgan fingerprint density at radius 2 is 2.07 bits per heavy atom. The number of nitrogens with zero attached hydrogens (tertiary/aromatic N) is 4. The summed E-state index contributed by atoms with van der Waals surface area (Å²) in [5, 5.41) is 8.22. The highest BCUT2D eigenvalue weighted by Gasteiger charge is 2.33. The molecule has 12 nitrogen and oxygen atoms in total. The molecule has 1 unspecified atom stereocenters. The molecular formula is C16H26N5O7+. The maximum Gasteiger partial charge on any atom is 0.414 e. The minimum absolute atomic E-state index is 0.0687. The fourth-order valence-electron chi connectivity index (χ4n) is 2.87. The van der Waals surface area contributed by atoms with E-state index in [4.69, 9.17) is 23.5 Å². The van der Waals surface area contributed by atoms with E-state index in [1.54, 1.807) is 25.7 Å². The summed E-state index contributed by atoms with van der Waals surface area (Å²) in [5.74, 6) is -0.528. The maximum atomic E-state index is 11.9.